The molecule has 0 fully saturated rings. The third kappa shape index (κ3) is 2.12. The summed E-state index contributed by atoms with van der Waals surface area (Å²) in [7, 11) is 0. The zero-order valence-corrected chi connectivity index (χ0v) is 8.04. The molecule has 0 spiro atoms. The summed E-state index contributed by atoms with van der Waals surface area (Å²) in [6.07, 6.45) is -0.748. The number of aliphatic hydroxyl groups is 1. The Morgan fingerprint density at radius 1 is 1.54 bits per heavy atom. The number of phenols is 1. The smallest absolute Gasteiger partial charge is 0.134 e. The van der Waals surface area contributed by atoms with Gasteiger partial charge in [0.2, 0.25) is 0 Å². The quantitative estimate of drug-likeness (QED) is 0.677. The fourth-order valence-corrected chi connectivity index (χ4v) is 1.22. The SMILES string of the molecule is Cc1cc(C(O)CN)cc(O)c1Cl. The second-order valence-electron chi connectivity index (χ2n) is 2.92. The minimum absolute atomic E-state index is 0.0239. The van der Waals surface area contributed by atoms with Crippen LogP contribution in [0.25, 0.3) is 0 Å². The van der Waals surface area contributed by atoms with Gasteiger partial charge in [-0.05, 0) is 24.1 Å². The van der Waals surface area contributed by atoms with E-state index in [2.05, 4.69) is 0 Å². The highest BCUT2D eigenvalue weighted by molar-refractivity contribution is 6.32. The molecule has 1 unspecified atom stereocenters. The third-order valence-corrected chi connectivity index (χ3v) is 2.36. The predicted molar refractivity (Wildman–Crippen MR) is 51.9 cm³/mol. The Kier molecular flexibility index (Phi) is 3.14. The molecule has 1 atom stereocenters. The van der Waals surface area contributed by atoms with Gasteiger partial charge in [-0.15, -0.1) is 0 Å². The zero-order valence-electron chi connectivity index (χ0n) is 7.29. The summed E-state index contributed by atoms with van der Waals surface area (Å²) in [4.78, 5) is 0. The Hall–Kier alpha value is -0.770. The molecule has 0 heterocycles. The molecule has 0 amide bonds. The van der Waals surface area contributed by atoms with Gasteiger partial charge in [0.1, 0.15) is 5.75 Å². The lowest BCUT2D eigenvalue weighted by Crippen LogP contribution is -2.11. The van der Waals surface area contributed by atoms with Crippen LogP contribution >= 0.6 is 11.6 Å². The van der Waals surface area contributed by atoms with Gasteiger partial charge in [-0.25, -0.2) is 0 Å². The van der Waals surface area contributed by atoms with E-state index in [0.717, 1.165) is 5.56 Å². The van der Waals surface area contributed by atoms with E-state index >= 15 is 0 Å². The molecule has 0 aliphatic rings. The number of benzene rings is 1. The van der Waals surface area contributed by atoms with Crippen LogP contribution in [0.5, 0.6) is 5.75 Å². The topological polar surface area (TPSA) is 66.5 Å². The molecule has 0 radical (unpaired) electrons. The molecule has 3 nitrogen and oxygen atoms in total. The fraction of sp³-hybridized carbons (Fsp3) is 0.333. The Balaban J connectivity index is 3.13. The number of halogens is 1. The largest absolute Gasteiger partial charge is 0.506 e. The zero-order chi connectivity index (χ0) is 10.0. The molecular weight excluding hydrogens is 190 g/mol. The fourth-order valence-electron chi connectivity index (χ4n) is 1.11. The van der Waals surface area contributed by atoms with Crippen molar-refractivity contribution in [3.63, 3.8) is 0 Å². The van der Waals surface area contributed by atoms with Crippen LogP contribution in [0.15, 0.2) is 12.1 Å². The number of hydrogen-bond donors (Lipinski definition) is 3. The lowest BCUT2D eigenvalue weighted by molar-refractivity contribution is 0.186. The highest BCUT2D eigenvalue weighted by Crippen LogP contribution is 2.30. The van der Waals surface area contributed by atoms with Crippen molar-refractivity contribution in [2.75, 3.05) is 6.54 Å². The van der Waals surface area contributed by atoms with Crippen molar-refractivity contribution in [3.05, 3.63) is 28.3 Å². The second-order valence-corrected chi connectivity index (χ2v) is 3.30. The molecule has 0 saturated heterocycles. The Morgan fingerprint density at radius 3 is 2.62 bits per heavy atom. The maximum Gasteiger partial charge on any atom is 0.134 e. The molecule has 0 aliphatic carbocycles. The van der Waals surface area contributed by atoms with Crippen molar-refractivity contribution in [1.29, 1.82) is 0 Å². The van der Waals surface area contributed by atoms with E-state index in [1.165, 1.54) is 6.07 Å². The Labute approximate surface area is 81.8 Å². The highest BCUT2D eigenvalue weighted by atomic mass is 35.5. The van der Waals surface area contributed by atoms with Crippen LogP contribution in [0.4, 0.5) is 0 Å². The molecule has 1 aromatic rings. The van der Waals surface area contributed by atoms with Gasteiger partial charge >= 0.3 is 0 Å². The lowest BCUT2D eigenvalue weighted by Gasteiger charge is -2.10. The Morgan fingerprint density at radius 2 is 2.15 bits per heavy atom. The van der Waals surface area contributed by atoms with Gasteiger partial charge in [0.05, 0.1) is 11.1 Å². The number of phenolic OH excluding ortho intramolecular Hbond substituents is 1. The van der Waals surface area contributed by atoms with Crippen LogP contribution in [0.1, 0.15) is 17.2 Å². The number of aryl methyl sites for hydroxylation is 1. The van der Waals surface area contributed by atoms with Crippen LogP contribution in [-0.4, -0.2) is 16.8 Å². The van der Waals surface area contributed by atoms with E-state index < -0.39 is 6.10 Å². The van der Waals surface area contributed by atoms with Gasteiger partial charge < -0.3 is 15.9 Å². The van der Waals surface area contributed by atoms with E-state index in [1.54, 1.807) is 13.0 Å². The van der Waals surface area contributed by atoms with Crippen molar-refractivity contribution in [2.45, 2.75) is 13.0 Å². The summed E-state index contributed by atoms with van der Waals surface area (Å²) in [5.74, 6) is -0.0239. The van der Waals surface area contributed by atoms with E-state index in [4.69, 9.17) is 17.3 Å². The average Bonchev–Trinajstić information content (AvgIpc) is 2.12. The summed E-state index contributed by atoms with van der Waals surface area (Å²) in [6.45, 7) is 1.88. The highest BCUT2D eigenvalue weighted by Gasteiger charge is 2.10. The first-order valence-electron chi connectivity index (χ1n) is 3.93. The van der Waals surface area contributed by atoms with Crippen molar-refractivity contribution in [3.8, 4) is 5.75 Å². The summed E-state index contributed by atoms with van der Waals surface area (Å²) in [6, 6.07) is 3.13. The minimum atomic E-state index is -0.748. The number of nitrogens with two attached hydrogens (primary N) is 1. The minimum Gasteiger partial charge on any atom is -0.506 e. The van der Waals surface area contributed by atoms with Crippen LogP contribution < -0.4 is 5.73 Å². The number of aliphatic hydroxyl groups excluding tert-OH is 1. The normalized spacial score (nSPS) is 12.9. The van der Waals surface area contributed by atoms with Crippen molar-refractivity contribution >= 4 is 11.6 Å². The van der Waals surface area contributed by atoms with E-state index in [-0.39, 0.29) is 12.3 Å². The second kappa shape index (κ2) is 3.96. The van der Waals surface area contributed by atoms with Gasteiger partial charge in [-0.1, -0.05) is 17.7 Å². The van der Waals surface area contributed by atoms with Gasteiger partial charge in [-0.2, -0.15) is 0 Å². The van der Waals surface area contributed by atoms with Crippen molar-refractivity contribution in [1.82, 2.24) is 0 Å². The summed E-state index contributed by atoms with van der Waals surface area (Å²) in [5.41, 5.74) is 6.59. The molecule has 1 aromatic carbocycles. The third-order valence-electron chi connectivity index (χ3n) is 1.87. The maximum absolute atomic E-state index is 9.39. The van der Waals surface area contributed by atoms with Crippen molar-refractivity contribution in [2.24, 2.45) is 5.73 Å². The molecular formula is C9H12ClNO2. The number of rotatable bonds is 2. The first-order valence-corrected chi connectivity index (χ1v) is 4.31. The van der Waals surface area contributed by atoms with E-state index in [9.17, 15) is 10.2 Å². The standard InChI is InChI=1S/C9H12ClNO2/c1-5-2-6(8(13)4-11)3-7(12)9(5)10/h2-3,8,12-13H,4,11H2,1H3. The summed E-state index contributed by atoms with van der Waals surface area (Å²) < 4.78 is 0. The molecule has 1 rings (SSSR count). The van der Waals surface area contributed by atoms with Gasteiger partial charge in [0.15, 0.2) is 0 Å². The summed E-state index contributed by atoms with van der Waals surface area (Å²) in [5, 5.41) is 19.0. The Bertz CT molecular complexity index is 291. The molecule has 4 heteroatoms. The first-order chi connectivity index (χ1) is 6.06. The molecule has 72 valence electrons. The van der Waals surface area contributed by atoms with Gasteiger partial charge in [-0.3, -0.25) is 0 Å². The molecule has 0 bridgehead atoms. The number of hydrogen-bond acceptors (Lipinski definition) is 3. The van der Waals surface area contributed by atoms with Crippen LogP contribution in [0.2, 0.25) is 5.02 Å². The number of aromatic hydroxyl groups is 1. The van der Waals surface area contributed by atoms with Crippen LogP contribution in [0, 0.1) is 6.92 Å². The first kappa shape index (κ1) is 10.3. The van der Waals surface area contributed by atoms with Crippen molar-refractivity contribution < 1.29 is 10.2 Å². The van der Waals surface area contributed by atoms with Gasteiger partial charge in [0.25, 0.3) is 0 Å². The molecule has 0 saturated carbocycles. The summed E-state index contributed by atoms with van der Waals surface area (Å²) >= 11 is 5.73. The van der Waals surface area contributed by atoms with Crippen LogP contribution in [0.3, 0.4) is 0 Å². The average molecular weight is 202 g/mol. The predicted octanol–water partition coefficient (Wildman–Crippen LogP) is 1.35. The van der Waals surface area contributed by atoms with Gasteiger partial charge in [0, 0.05) is 6.54 Å². The molecule has 0 aliphatic heterocycles. The van der Waals surface area contributed by atoms with E-state index in [0.29, 0.717) is 10.6 Å². The van der Waals surface area contributed by atoms with E-state index in [1.807, 2.05) is 0 Å². The lowest BCUT2D eigenvalue weighted by atomic mass is 10.1. The van der Waals surface area contributed by atoms with Crippen LogP contribution in [-0.2, 0) is 0 Å². The molecule has 0 aromatic heterocycles. The monoisotopic (exact) mass is 201 g/mol. The molecule has 13 heavy (non-hydrogen) atoms. The maximum atomic E-state index is 9.39. The molecule has 4 N–H and O–H groups in total.